The molecule has 2 unspecified atom stereocenters. The summed E-state index contributed by atoms with van der Waals surface area (Å²) in [5, 5.41) is 0. The van der Waals surface area contributed by atoms with Gasteiger partial charge in [0.05, 0.1) is 0 Å². The molecule has 0 aliphatic heterocycles. The van der Waals surface area contributed by atoms with Crippen LogP contribution in [0.1, 0.15) is 64.9 Å². The third-order valence-electron chi connectivity index (χ3n) is 5.46. The number of aryl methyl sites for hydroxylation is 5. The van der Waals surface area contributed by atoms with Crippen molar-refractivity contribution in [1.82, 2.24) is 3.95 Å². The van der Waals surface area contributed by atoms with Crippen LogP contribution in [0.15, 0.2) is 30.3 Å². The molecule has 4 N–H and O–H groups in total. The predicted molar refractivity (Wildman–Crippen MR) is 123 cm³/mol. The molecular weight excluding hydrogens is 448 g/mol. The Kier molecular flexibility index (Phi) is 9.48. The van der Waals surface area contributed by atoms with Gasteiger partial charge in [-0.15, -0.1) is 0 Å². The summed E-state index contributed by atoms with van der Waals surface area (Å²) in [4.78, 5) is 0. The molecule has 0 radical (unpaired) electrons. The van der Waals surface area contributed by atoms with Crippen LogP contribution in [-0.2, 0) is 24.9 Å². The van der Waals surface area contributed by atoms with Crippen molar-refractivity contribution in [2.24, 2.45) is 11.5 Å². The van der Waals surface area contributed by atoms with Gasteiger partial charge in [-0.3, -0.25) is 0 Å². The number of halogens is 2. The van der Waals surface area contributed by atoms with Gasteiger partial charge in [0.2, 0.25) is 0 Å². The van der Waals surface area contributed by atoms with Gasteiger partial charge in [-0.05, 0) is 0 Å². The Balaban J connectivity index is 2.26. The van der Waals surface area contributed by atoms with Crippen molar-refractivity contribution >= 4 is 20.3 Å². The van der Waals surface area contributed by atoms with Gasteiger partial charge >= 0.3 is 190 Å². The Bertz CT molecular complexity index is 781. The molecule has 0 aliphatic rings. The number of nitrogens with two attached hydrogens (primary N) is 2. The molecule has 3 nitrogen and oxygen atoms in total. The van der Waals surface area contributed by atoms with E-state index in [0.29, 0.717) is 13.1 Å². The summed E-state index contributed by atoms with van der Waals surface area (Å²) in [6.45, 7) is 11.8. The molecule has 0 saturated heterocycles. The number of benzene rings is 2. The van der Waals surface area contributed by atoms with Crippen LogP contribution in [0, 0.1) is 20.8 Å². The van der Waals surface area contributed by atoms with Crippen LogP contribution in [0.4, 0.5) is 0 Å². The Morgan fingerprint density at radius 3 is 1.72 bits per heavy atom. The summed E-state index contributed by atoms with van der Waals surface area (Å²) in [7, 11) is 12.8. The second kappa shape index (κ2) is 11.1. The van der Waals surface area contributed by atoms with Crippen LogP contribution in [-0.4, -0.2) is 17.0 Å². The molecular formula is C23H34Cl2CoN3. The molecule has 6 heteroatoms. The molecule has 164 valence electrons. The topological polar surface area (TPSA) is 55.3 Å². The van der Waals surface area contributed by atoms with E-state index in [2.05, 4.69) is 65.0 Å². The normalized spacial score (nSPS) is 14.2. The molecule has 2 aromatic carbocycles. The molecule has 0 heterocycles. The van der Waals surface area contributed by atoms with Crippen LogP contribution in [0.3, 0.4) is 0 Å². The molecule has 0 fully saturated rings. The van der Waals surface area contributed by atoms with E-state index in [-0.39, 0.29) is 12.1 Å². The number of nitrogens with zero attached hydrogens (tertiary/aromatic N) is 1. The van der Waals surface area contributed by atoms with Crippen molar-refractivity contribution in [3.05, 3.63) is 69.3 Å². The summed E-state index contributed by atoms with van der Waals surface area (Å²) in [5.74, 6) is 0. The minimum absolute atomic E-state index is 0.157. The third kappa shape index (κ3) is 6.20. The predicted octanol–water partition coefficient (Wildman–Crippen LogP) is 5.58. The summed E-state index contributed by atoms with van der Waals surface area (Å²) in [6.07, 6.45) is 1.91. The van der Waals surface area contributed by atoms with E-state index >= 15 is 0 Å². The van der Waals surface area contributed by atoms with E-state index in [1.54, 1.807) is 0 Å². The first-order chi connectivity index (χ1) is 13.7. The molecule has 0 saturated carbocycles. The maximum absolute atomic E-state index is 6.69. The third-order valence-corrected chi connectivity index (χ3v) is 7.65. The first-order valence-corrected chi connectivity index (χ1v) is 13.4. The molecule has 0 amide bonds. The van der Waals surface area contributed by atoms with Crippen molar-refractivity contribution in [3.8, 4) is 0 Å². The summed E-state index contributed by atoms with van der Waals surface area (Å²) in [6, 6.07) is 10.5. The summed E-state index contributed by atoms with van der Waals surface area (Å²) < 4.78 is 2.04. The van der Waals surface area contributed by atoms with Crippen LogP contribution >= 0.6 is 20.3 Å². The van der Waals surface area contributed by atoms with E-state index in [1.165, 1.54) is 38.9 Å². The molecule has 0 aliphatic carbocycles. The summed E-state index contributed by atoms with van der Waals surface area (Å²) in [5.41, 5.74) is 21.9. The number of hydrogen-bond acceptors (Lipinski definition) is 3. The minimum atomic E-state index is -1.32. The quantitative estimate of drug-likeness (QED) is 0.491. The number of hydrogen-bond donors (Lipinski definition) is 2. The molecule has 2 rings (SSSR count). The van der Waals surface area contributed by atoms with Crippen LogP contribution < -0.4 is 11.5 Å². The summed E-state index contributed by atoms with van der Waals surface area (Å²) >= 11 is -1.32. The van der Waals surface area contributed by atoms with E-state index in [1.807, 2.05) is 3.95 Å². The molecule has 29 heavy (non-hydrogen) atoms. The van der Waals surface area contributed by atoms with Gasteiger partial charge in [-0.1, -0.05) is 0 Å². The van der Waals surface area contributed by atoms with Gasteiger partial charge in [-0.2, -0.15) is 0 Å². The zero-order valence-corrected chi connectivity index (χ0v) is 20.6. The second-order valence-corrected chi connectivity index (χ2v) is 11.3. The van der Waals surface area contributed by atoms with Crippen LogP contribution in [0.2, 0.25) is 0 Å². The van der Waals surface area contributed by atoms with Crippen molar-refractivity contribution in [1.29, 1.82) is 0 Å². The molecule has 0 bridgehead atoms. The fourth-order valence-electron chi connectivity index (χ4n) is 4.29. The SMILES string of the molecule is CCc1cccc(CC)c1C(N)C[N](CC(N)c1c(C)cc(C)cc1C)[Co]([Cl])[Cl]. The van der Waals surface area contributed by atoms with E-state index in [9.17, 15) is 0 Å². The van der Waals surface area contributed by atoms with Crippen LogP contribution in [0.5, 0.6) is 0 Å². The molecule has 0 aromatic heterocycles. The van der Waals surface area contributed by atoms with Crippen molar-refractivity contribution < 1.29 is 12.1 Å². The average molecular weight is 482 g/mol. The first-order valence-electron chi connectivity index (χ1n) is 10.1. The molecule has 2 aromatic rings. The second-order valence-electron chi connectivity index (χ2n) is 7.68. The van der Waals surface area contributed by atoms with Gasteiger partial charge in [-0.25, -0.2) is 0 Å². The van der Waals surface area contributed by atoms with Crippen molar-refractivity contribution in [2.75, 3.05) is 13.1 Å². The Hall–Kier alpha value is -0.594. The number of rotatable bonds is 9. The van der Waals surface area contributed by atoms with Gasteiger partial charge in [0, 0.05) is 0 Å². The standard InChI is InChI=1S/C23H34N3.2ClH.Co/c1-6-18-9-8-10-19(7-2)23(18)21(25)14-26-13-20(24)22-16(4)11-15(3)12-17(22)5;;;/h8-12,20-21H,6-7,13-14,24-25H2,1-5H3;2*1H;/q-1;;;+3/p-2. The zero-order chi connectivity index (χ0) is 21.7. The monoisotopic (exact) mass is 481 g/mol. The van der Waals surface area contributed by atoms with E-state index < -0.39 is 12.1 Å². The van der Waals surface area contributed by atoms with Gasteiger partial charge < -0.3 is 0 Å². The van der Waals surface area contributed by atoms with Crippen molar-refractivity contribution in [2.45, 2.75) is 59.5 Å². The van der Waals surface area contributed by atoms with E-state index in [0.717, 1.165) is 12.8 Å². The Morgan fingerprint density at radius 2 is 1.31 bits per heavy atom. The van der Waals surface area contributed by atoms with Gasteiger partial charge in [0.25, 0.3) is 0 Å². The fourth-order valence-corrected chi connectivity index (χ4v) is 5.75. The molecule has 2 atom stereocenters. The van der Waals surface area contributed by atoms with E-state index in [4.69, 9.17) is 31.8 Å². The van der Waals surface area contributed by atoms with Gasteiger partial charge in [0.1, 0.15) is 0 Å². The zero-order valence-electron chi connectivity index (χ0n) is 18.1. The van der Waals surface area contributed by atoms with Gasteiger partial charge in [0.15, 0.2) is 0 Å². The molecule has 0 spiro atoms. The Morgan fingerprint density at radius 1 is 0.862 bits per heavy atom. The maximum atomic E-state index is 6.69. The average Bonchev–Trinajstić information content (AvgIpc) is 2.65. The fraction of sp³-hybridized carbons (Fsp3) is 0.478. The Labute approximate surface area is 189 Å². The van der Waals surface area contributed by atoms with Crippen LogP contribution in [0.25, 0.3) is 0 Å². The van der Waals surface area contributed by atoms with Crippen molar-refractivity contribution in [3.63, 3.8) is 0 Å². The first kappa shape index (κ1) is 24.7.